The third-order valence-electron chi connectivity index (χ3n) is 2.86. The summed E-state index contributed by atoms with van der Waals surface area (Å²) in [6.07, 6.45) is 3.02. The van der Waals surface area contributed by atoms with Gasteiger partial charge in [-0.1, -0.05) is 0 Å². The van der Waals surface area contributed by atoms with Crippen molar-refractivity contribution in [3.05, 3.63) is 36.9 Å². The Morgan fingerprint density at radius 1 is 0.727 bits per heavy atom. The molecule has 0 bridgehead atoms. The lowest BCUT2D eigenvalue weighted by molar-refractivity contribution is 0.203. The molecule has 0 fully saturated rings. The van der Waals surface area contributed by atoms with Gasteiger partial charge in [0.2, 0.25) is 11.8 Å². The number of hydrogen-bond donors (Lipinski definition) is 0. The normalized spacial score (nSPS) is 11.1. The van der Waals surface area contributed by atoms with Gasteiger partial charge in [-0.3, -0.25) is 0 Å². The smallest absolute Gasteiger partial charge is 0.231 e. The molecular formula is C12H10N8O2. The molecule has 0 radical (unpaired) electrons. The van der Waals surface area contributed by atoms with Crippen LogP contribution in [0.15, 0.2) is 36.9 Å². The summed E-state index contributed by atoms with van der Waals surface area (Å²) in [7, 11) is 0. The molecule has 110 valence electrons. The van der Waals surface area contributed by atoms with Crippen LogP contribution in [0.1, 0.15) is 0 Å². The molecule has 10 heteroatoms. The van der Waals surface area contributed by atoms with E-state index in [0.717, 1.165) is 0 Å². The average Bonchev–Trinajstić information content (AvgIpc) is 3.19. The Labute approximate surface area is 123 Å². The van der Waals surface area contributed by atoms with Gasteiger partial charge in [0, 0.05) is 12.1 Å². The number of rotatable bonds is 5. The van der Waals surface area contributed by atoms with Crippen molar-refractivity contribution in [3.8, 4) is 11.8 Å². The summed E-state index contributed by atoms with van der Waals surface area (Å²) in [5.74, 6) is 0.941. The number of nitrogens with zero attached hydrogens (tertiary/aromatic N) is 8. The largest absolute Gasteiger partial charge is 0.473 e. The first-order valence-corrected chi connectivity index (χ1v) is 6.48. The summed E-state index contributed by atoms with van der Waals surface area (Å²) < 4.78 is 14.1. The second kappa shape index (κ2) is 5.24. The van der Waals surface area contributed by atoms with Gasteiger partial charge in [0.1, 0.15) is 25.9 Å². The van der Waals surface area contributed by atoms with Crippen molar-refractivity contribution in [3.63, 3.8) is 0 Å². The molecule has 0 aliphatic rings. The van der Waals surface area contributed by atoms with E-state index in [-0.39, 0.29) is 0 Å². The monoisotopic (exact) mass is 298 g/mol. The molecule has 0 amide bonds. The standard InChI is InChI=1S/C12H10N8O2/c1-3-11(17-19-7-13-15-9(1)19)21-5-6-22-12-4-2-10-16-14-8-20(10)18-12/h1-4,7-8H,5-6H2. The highest BCUT2D eigenvalue weighted by Crippen LogP contribution is 2.08. The molecule has 0 atom stereocenters. The quantitative estimate of drug-likeness (QED) is 0.475. The summed E-state index contributed by atoms with van der Waals surface area (Å²) in [6, 6.07) is 7.01. The highest BCUT2D eigenvalue weighted by Gasteiger charge is 2.02. The molecule has 0 spiro atoms. The molecule has 0 N–H and O–H groups in total. The van der Waals surface area contributed by atoms with Crippen molar-refractivity contribution < 1.29 is 9.47 Å². The van der Waals surface area contributed by atoms with Gasteiger partial charge in [0.25, 0.3) is 0 Å². The van der Waals surface area contributed by atoms with Crippen LogP contribution in [-0.4, -0.2) is 52.8 Å². The Morgan fingerprint density at radius 3 is 1.73 bits per heavy atom. The van der Waals surface area contributed by atoms with Gasteiger partial charge in [0.05, 0.1) is 0 Å². The van der Waals surface area contributed by atoms with E-state index in [2.05, 4.69) is 30.6 Å². The highest BCUT2D eigenvalue weighted by atomic mass is 16.5. The van der Waals surface area contributed by atoms with Crippen LogP contribution in [0, 0.1) is 0 Å². The van der Waals surface area contributed by atoms with Crippen LogP contribution < -0.4 is 9.47 Å². The van der Waals surface area contributed by atoms with Crippen LogP contribution in [0.4, 0.5) is 0 Å². The maximum Gasteiger partial charge on any atom is 0.231 e. The zero-order chi connectivity index (χ0) is 14.8. The topological polar surface area (TPSA) is 105 Å². The van der Waals surface area contributed by atoms with E-state index in [0.29, 0.717) is 36.3 Å². The zero-order valence-electron chi connectivity index (χ0n) is 11.3. The first-order chi connectivity index (χ1) is 10.9. The summed E-state index contributed by atoms with van der Waals surface area (Å²) in [5, 5.41) is 23.6. The summed E-state index contributed by atoms with van der Waals surface area (Å²) in [5.41, 5.74) is 1.32. The molecule has 0 saturated carbocycles. The van der Waals surface area contributed by atoms with Crippen molar-refractivity contribution >= 4 is 11.3 Å². The fourth-order valence-corrected chi connectivity index (χ4v) is 1.87. The molecule has 4 aromatic heterocycles. The third kappa shape index (κ3) is 2.37. The first kappa shape index (κ1) is 12.4. The first-order valence-electron chi connectivity index (χ1n) is 6.48. The van der Waals surface area contributed by atoms with Crippen LogP contribution in [0.5, 0.6) is 11.8 Å². The van der Waals surface area contributed by atoms with E-state index in [1.165, 1.54) is 21.7 Å². The van der Waals surface area contributed by atoms with Crippen LogP contribution in [0.25, 0.3) is 11.3 Å². The number of fused-ring (bicyclic) bond motifs is 2. The van der Waals surface area contributed by atoms with Gasteiger partial charge < -0.3 is 9.47 Å². The number of aromatic nitrogens is 8. The average molecular weight is 298 g/mol. The Balaban J connectivity index is 1.34. The van der Waals surface area contributed by atoms with Crippen molar-refractivity contribution in [2.75, 3.05) is 13.2 Å². The molecule has 22 heavy (non-hydrogen) atoms. The van der Waals surface area contributed by atoms with E-state index in [9.17, 15) is 0 Å². The summed E-state index contributed by atoms with van der Waals surface area (Å²) in [4.78, 5) is 0. The molecule has 4 rings (SSSR count). The van der Waals surface area contributed by atoms with E-state index >= 15 is 0 Å². The summed E-state index contributed by atoms with van der Waals surface area (Å²) >= 11 is 0. The van der Waals surface area contributed by atoms with E-state index in [1.807, 2.05) is 0 Å². The van der Waals surface area contributed by atoms with Crippen molar-refractivity contribution in [2.45, 2.75) is 0 Å². The van der Waals surface area contributed by atoms with Crippen LogP contribution in [-0.2, 0) is 0 Å². The summed E-state index contributed by atoms with van der Waals surface area (Å²) in [6.45, 7) is 0.672. The Kier molecular flexibility index (Phi) is 2.96. The molecule has 0 aromatic carbocycles. The number of ether oxygens (including phenoxy) is 2. The van der Waals surface area contributed by atoms with Crippen molar-refractivity contribution in [1.29, 1.82) is 0 Å². The molecule has 4 aromatic rings. The predicted octanol–water partition coefficient (Wildman–Crippen LogP) is 0.0198. The maximum absolute atomic E-state index is 5.51. The van der Waals surface area contributed by atoms with Gasteiger partial charge in [-0.2, -0.15) is 9.03 Å². The van der Waals surface area contributed by atoms with E-state index < -0.39 is 0 Å². The third-order valence-corrected chi connectivity index (χ3v) is 2.86. The SMILES string of the molecule is c1cc2nncn2nc1OCCOc1ccc2nncn2n1. The van der Waals surface area contributed by atoms with E-state index in [1.54, 1.807) is 24.3 Å². The van der Waals surface area contributed by atoms with Gasteiger partial charge >= 0.3 is 0 Å². The Hall–Kier alpha value is -3.30. The fraction of sp³-hybridized carbons (Fsp3) is 0.167. The van der Waals surface area contributed by atoms with Gasteiger partial charge in [-0.05, 0) is 12.1 Å². The maximum atomic E-state index is 5.51. The minimum absolute atomic E-state index is 0.336. The lowest BCUT2D eigenvalue weighted by Gasteiger charge is -2.07. The molecule has 0 unspecified atom stereocenters. The highest BCUT2D eigenvalue weighted by molar-refractivity contribution is 5.36. The van der Waals surface area contributed by atoms with Gasteiger partial charge in [0.15, 0.2) is 11.3 Å². The predicted molar refractivity (Wildman–Crippen MR) is 72.6 cm³/mol. The second-order valence-electron chi connectivity index (χ2n) is 4.31. The molecular weight excluding hydrogens is 288 g/mol. The van der Waals surface area contributed by atoms with Gasteiger partial charge in [-0.25, -0.2) is 0 Å². The number of hydrogen-bond acceptors (Lipinski definition) is 8. The molecule has 4 heterocycles. The minimum Gasteiger partial charge on any atom is -0.473 e. The molecule has 0 aliphatic heterocycles. The molecule has 10 nitrogen and oxygen atoms in total. The molecule has 0 aliphatic carbocycles. The van der Waals surface area contributed by atoms with Crippen LogP contribution in [0.2, 0.25) is 0 Å². The van der Waals surface area contributed by atoms with Crippen LogP contribution >= 0.6 is 0 Å². The second-order valence-corrected chi connectivity index (χ2v) is 4.31. The van der Waals surface area contributed by atoms with Crippen molar-refractivity contribution in [2.24, 2.45) is 0 Å². The lowest BCUT2D eigenvalue weighted by Crippen LogP contribution is -2.11. The fourth-order valence-electron chi connectivity index (χ4n) is 1.87. The lowest BCUT2D eigenvalue weighted by atomic mass is 10.5. The van der Waals surface area contributed by atoms with Crippen molar-refractivity contribution in [1.82, 2.24) is 39.6 Å². The van der Waals surface area contributed by atoms with Crippen LogP contribution in [0.3, 0.4) is 0 Å². The zero-order valence-corrected chi connectivity index (χ0v) is 11.3. The Bertz CT molecular complexity index is 841. The van der Waals surface area contributed by atoms with E-state index in [4.69, 9.17) is 9.47 Å². The molecule has 0 saturated heterocycles. The Morgan fingerprint density at radius 2 is 1.23 bits per heavy atom. The van der Waals surface area contributed by atoms with Gasteiger partial charge in [-0.15, -0.1) is 30.6 Å². The minimum atomic E-state index is 0.336.